The van der Waals surface area contributed by atoms with Gasteiger partial charge in [-0.15, -0.1) is 0 Å². The second-order valence-corrected chi connectivity index (χ2v) is 9.74. The van der Waals surface area contributed by atoms with Gasteiger partial charge in [0.05, 0.1) is 37.3 Å². The maximum Gasteiger partial charge on any atom is 0.335 e. The van der Waals surface area contributed by atoms with Crippen molar-refractivity contribution in [2.75, 3.05) is 31.5 Å². The summed E-state index contributed by atoms with van der Waals surface area (Å²) in [6.07, 6.45) is 3.41. The molecule has 1 aliphatic carbocycles. The van der Waals surface area contributed by atoms with Gasteiger partial charge in [-0.25, -0.2) is 4.79 Å². The standard InChI is InChI=1S/C28H38N2O6/c1-17(2)27-18(3)7-6-8-23(27)36-16-26(31)30-22-14-24(34-4)21(13-25(22)35-5)29-15-19-9-11-20(12-10-19)28(32)33/h9-14,17-18,23,27,29H,6-8,15-16H2,1-5H3,(H,30,31)(H,32,33). The number of carboxylic acids is 1. The summed E-state index contributed by atoms with van der Waals surface area (Å²) in [6.45, 7) is 7.16. The first-order valence-electron chi connectivity index (χ1n) is 12.5. The van der Waals surface area contributed by atoms with Crippen molar-refractivity contribution in [3.05, 3.63) is 47.5 Å². The third-order valence-corrected chi connectivity index (χ3v) is 6.91. The van der Waals surface area contributed by atoms with E-state index in [4.69, 9.17) is 19.3 Å². The highest BCUT2D eigenvalue weighted by Crippen LogP contribution is 2.38. The van der Waals surface area contributed by atoms with E-state index < -0.39 is 5.97 Å². The number of aromatic carboxylic acids is 1. The minimum atomic E-state index is -0.961. The molecule has 0 bridgehead atoms. The highest BCUT2D eigenvalue weighted by Gasteiger charge is 2.33. The number of methoxy groups -OCH3 is 2. The molecule has 36 heavy (non-hydrogen) atoms. The Balaban J connectivity index is 1.65. The van der Waals surface area contributed by atoms with Gasteiger partial charge in [0, 0.05) is 18.7 Å². The molecule has 0 saturated heterocycles. The lowest BCUT2D eigenvalue weighted by Crippen LogP contribution is -2.38. The van der Waals surface area contributed by atoms with Crippen molar-refractivity contribution >= 4 is 23.3 Å². The maximum atomic E-state index is 12.8. The van der Waals surface area contributed by atoms with E-state index in [0.29, 0.717) is 47.2 Å². The molecule has 8 heteroatoms. The summed E-state index contributed by atoms with van der Waals surface area (Å²) in [7, 11) is 3.10. The molecule has 0 radical (unpaired) electrons. The summed E-state index contributed by atoms with van der Waals surface area (Å²) in [5.74, 6) is 1.37. The second-order valence-electron chi connectivity index (χ2n) is 9.74. The molecule has 8 nitrogen and oxygen atoms in total. The fourth-order valence-electron chi connectivity index (χ4n) is 5.14. The van der Waals surface area contributed by atoms with Crippen LogP contribution in [0.4, 0.5) is 11.4 Å². The van der Waals surface area contributed by atoms with Gasteiger partial charge < -0.3 is 30.0 Å². The average Bonchev–Trinajstić information content (AvgIpc) is 2.86. The number of hydrogen-bond acceptors (Lipinski definition) is 6. The zero-order chi connectivity index (χ0) is 26.2. The monoisotopic (exact) mass is 498 g/mol. The normalized spacial score (nSPS) is 19.6. The number of rotatable bonds is 11. The van der Waals surface area contributed by atoms with Gasteiger partial charge >= 0.3 is 5.97 Å². The maximum absolute atomic E-state index is 12.8. The van der Waals surface area contributed by atoms with Crippen LogP contribution in [0.25, 0.3) is 0 Å². The van der Waals surface area contributed by atoms with Gasteiger partial charge in [0.2, 0.25) is 5.91 Å². The highest BCUT2D eigenvalue weighted by atomic mass is 16.5. The molecule has 0 aromatic heterocycles. The summed E-state index contributed by atoms with van der Waals surface area (Å²) >= 11 is 0. The molecule has 0 heterocycles. The molecule has 3 unspecified atom stereocenters. The minimum Gasteiger partial charge on any atom is -0.495 e. The third kappa shape index (κ3) is 6.91. The topological polar surface area (TPSA) is 106 Å². The van der Waals surface area contributed by atoms with E-state index in [-0.39, 0.29) is 24.2 Å². The summed E-state index contributed by atoms with van der Waals surface area (Å²) in [5, 5.41) is 15.2. The summed E-state index contributed by atoms with van der Waals surface area (Å²) in [4.78, 5) is 23.8. The minimum absolute atomic E-state index is 0.0155. The van der Waals surface area contributed by atoms with Gasteiger partial charge in [-0.3, -0.25) is 4.79 Å². The Kier molecular flexibility index (Phi) is 9.58. The van der Waals surface area contributed by atoms with E-state index in [1.165, 1.54) is 6.42 Å². The molecule has 3 rings (SSSR count). The van der Waals surface area contributed by atoms with Gasteiger partial charge in [0.25, 0.3) is 0 Å². The van der Waals surface area contributed by atoms with Crippen LogP contribution < -0.4 is 20.1 Å². The largest absolute Gasteiger partial charge is 0.495 e. The van der Waals surface area contributed by atoms with E-state index in [1.54, 1.807) is 50.6 Å². The van der Waals surface area contributed by atoms with Crippen LogP contribution >= 0.6 is 0 Å². The molecule has 2 aromatic carbocycles. The predicted molar refractivity (Wildman–Crippen MR) is 140 cm³/mol. The Bertz CT molecular complexity index is 1040. The number of amides is 1. The van der Waals surface area contributed by atoms with E-state index >= 15 is 0 Å². The van der Waals surface area contributed by atoms with Crippen molar-refractivity contribution in [3.8, 4) is 11.5 Å². The number of ether oxygens (including phenoxy) is 3. The fraction of sp³-hybridized carbons (Fsp3) is 0.500. The van der Waals surface area contributed by atoms with Crippen molar-refractivity contribution in [1.82, 2.24) is 0 Å². The third-order valence-electron chi connectivity index (χ3n) is 6.91. The van der Waals surface area contributed by atoms with Crippen LogP contribution in [0.15, 0.2) is 36.4 Å². The molecule has 196 valence electrons. The first-order valence-corrected chi connectivity index (χ1v) is 12.5. The Morgan fingerprint density at radius 1 is 1.03 bits per heavy atom. The molecule has 1 fully saturated rings. The number of carbonyl (C=O) groups is 2. The first kappa shape index (κ1) is 27.3. The molecule has 2 aromatic rings. The van der Waals surface area contributed by atoms with Crippen molar-refractivity contribution in [2.45, 2.75) is 52.7 Å². The Morgan fingerprint density at radius 3 is 2.28 bits per heavy atom. The lowest BCUT2D eigenvalue weighted by atomic mass is 9.72. The fourth-order valence-corrected chi connectivity index (χ4v) is 5.14. The molecule has 0 spiro atoms. The van der Waals surface area contributed by atoms with Crippen LogP contribution in [0.2, 0.25) is 0 Å². The number of anilines is 2. The van der Waals surface area contributed by atoms with Crippen LogP contribution in [0.1, 0.15) is 56.0 Å². The number of nitrogens with one attached hydrogen (secondary N) is 2. The molecular formula is C28H38N2O6. The molecule has 1 saturated carbocycles. The summed E-state index contributed by atoms with van der Waals surface area (Å²) in [5.41, 5.74) is 2.32. The summed E-state index contributed by atoms with van der Waals surface area (Å²) < 4.78 is 17.1. The van der Waals surface area contributed by atoms with E-state index in [2.05, 4.69) is 31.4 Å². The lowest BCUT2D eigenvalue weighted by molar-refractivity contribution is -0.126. The van der Waals surface area contributed by atoms with Crippen LogP contribution in [-0.2, 0) is 16.1 Å². The molecule has 0 aliphatic heterocycles. The van der Waals surface area contributed by atoms with E-state index in [0.717, 1.165) is 18.4 Å². The zero-order valence-corrected chi connectivity index (χ0v) is 21.8. The molecule has 1 amide bonds. The SMILES string of the molecule is COc1cc(NC(=O)COC2CCCC(C)C2C(C)C)c(OC)cc1NCc1ccc(C(=O)O)cc1. The molecule has 1 aliphatic rings. The molecule has 3 N–H and O–H groups in total. The molecule has 3 atom stereocenters. The Morgan fingerprint density at radius 2 is 1.67 bits per heavy atom. The van der Waals surface area contributed by atoms with Crippen LogP contribution in [0.5, 0.6) is 11.5 Å². The lowest BCUT2D eigenvalue weighted by Gasteiger charge is -2.38. The van der Waals surface area contributed by atoms with Crippen LogP contribution in [0, 0.1) is 17.8 Å². The number of hydrogen-bond donors (Lipinski definition) is 3. The predicted octanol–water partition coefficient (Wildman–Crippen LogP) is 5.43. The van der Waals surface area contributed by atoms with E-state index in [9.17, 15) is 9.59 Å². The van der Waals surface area contributed by atoms with Crippen LogP contribution in [0.3, 0.4) is 0 Å². The van der Waals surface area contributed by atoms with E-state index in [1.807, 2.05) is 0 Å². The summed E-state index contributed by atoms with van der Waals surface area (Å²) in [6, 6.07) is 10.1. The first-order chi connectivity index (χ1) is 17.2. The van der Waals surface area contributed by atoms with Crippen LogP contribution in [-0.4, -0.2) is 43.9 Å². The second kappa shape index (κ2) is 12.6. The van der Waals surface area contributed by atoms with Crippen molar-refractivity contribution < 1.29 is 28.9 Å². The van der Waals surface area contributed by atoms with Gasteiger partial charge in [-0.05, 0) is 41.9 Å². The van der Waals surface area contributed by atoms with Gasteiger partial charge in [0.1, 0.15) is 18.1 Å². The van der Waals surface area contributed by atoms with Gasteiger partial charge in [-0.1, -0.05) is 45.7 Å². The quantitative estimate of drug-likeness (QED) is 0.379. The van der Waals surface area contributed by atoms with Crippen molar-refractivity contribution in [1.29, 1.82) is 0 Å². The number of carboxylic acid groups (broad SMARTS) is 1. The number of benzene rings is 2. The van der Waals surface area contributed by atoms with Gasteiger partial charge in [0.15, 0.2) is 0 Å². The molecular weight excluding hydrogens is 460 g/mol. The number of carbonyl (C=O) groups excluding carboxylic acids is 1. The Labute approximate surface area is 213 Å². The Hall–Kier alpha value is -3.26. The van der Waals surface area contributed by atoms with Crippen molar-refractivity contribution in [3.63, 3.8) is 0 Å². The van der Waals surface area contributed by atoms with Crippen molar-refractivity contribution in [2.24, 2.45) is 17.8 Å². The highest BCUT2D eigenvalue weighted by molar-refractivity contribution is 5.94. The average molecular weight is 499 g/mol. The van der Waals surface area contributed by atoms with Gasteiger partial charge in [-0.2, -0.15) is 0 Å². The zero-order valence-electron chi connectivity index (χ0n) is 21.8. The smallest absolute Gasteiger partial charge is 0.335 e.